The minimum absolute atomic E-state index is 0.135. The lowest BCUT2D eigenvalue weighted by molar-refractivity contribution is 0.228. The summed E-state index contributed by atoms with van der Waals surface area (Å²) in [5.74, 6) is 1.71. The zero-order valence-corrected chi connectivity index (χ0v) is 62.0. The highest BCUT2D eigenvalue weighted by Crippen LogP contribution is 2.69. The van der Waals surface area contributed by atoms with Crippen LogP contribution in [0.2, 0.25) is 0 Å². The maximum atomic E-state index is 3.02. The van der Waals surface area contributed by atoms with Gasteiger partial charge < -0.3 is 0 Å². The topological polar surface area (TPSA) is 0 Å². The van der Waals surface area contributed by atoms with E-state index in [-0.39, 0.29) is 10.8 Å². The van der Waals surface area contributed by atoms with Crippen molar-refractivity contribution < 1.29 is 0 Å². The summed E-state index contributed by atoms with van der Waals surface area (Å²) < 4.78 is 8.33. The highest BCUT2D eigenvalue weighted by atomic mass is 32.2. The molecule has 0 nitrogen and oxygen atoms in total. The van der Waals surface area contributed by atoms with Gasteiger partial charge in [0.2, 0.25) is 0 Å². The molecule has 0 bridgehead atoms. The van der Waals surface area contributed by atoms with Gasteiger partial charge in [-0.25, -0.2) is 0 Å². The van der Waals surface area contributed by atoms with E-state index in [0.717, 1.165) is 0 Å². The van der Waals surface area contributed by atoms with E-state index in [0.29, 0.717) is 5.92 Å². The first kappa shape index (κ1) is 74.3. The first-order valence-corrected chi connectivity index (χ1v) is 43.6. The van der Waals surface area contributed by atoms with E-state index < -0.39 is 0 Å². The molecule has 4 aliphatic rings. The van der Waals surface area contributed by atoms with Crippen molar-refractivity contribution in [3.05, 3.63) is 41.4 Å². The summed E-state index contributed by atoms with van der Waals surface area (Å²) in [7, 11) is 0. The van der Waals surface area contributed by atoms with Crippen LogP contribution in [0, 0.1) is 16.7 Å². The number of thiophene rings is 3. The van der Waals surface area contributed by atoms with E-state index in [2.05, 4.69) is 103 Å². The first-order chi connectivity index (χ1) is 43.6. The summed E-state index contributed by atoms with van der Waals surface area (Å²) in [6.45, 7) is 9.38. The van der Waals surface area contributed by atoms with Gasteiger partial charge in [0.05, 0.1) is 4.70 Å². The van der Waals surface area contributed by atoms with Crippen molar-refractivity contribution >= 4 is 84.5 Å². The number of hydrogen-bond donors (Lipinski definition) is 0. The van der Waals surface area contributed by atoms with Crippen molar-refractivity contribution in [2.24, 2.45) is 16.7 Å². The molecule has 3 aromatic heterocycles. The lowest BCUT2D eigenvalue weighted by Gasteiger charge is -2.55. The van der Waals surface area contributed by atoms with Crippen LogP contribution in [0.1, 0.15) is 419 Å². The molecule has 0 radical (unpaired) electrons. The Kier molecular flexibility index (Phi) is 38.3. The minimum atomic E-state index is 0.135. The van der Waals surface area contributed by atoms with Crippen molar-refractivity contribution in [2.45, 2.75) is 418 Å². The van der Waals surface area contributed by atoms with Gasteiger partial charge in [-0.1, -0.05) is 399 Å². The summed E-state index contributed by atoms with van der Waals surface area (Å²) in [6.07, 6.45) is 94.8. The second-order valence-corrected chi connectivity index (χ2v) is 33.7. The number of thioether (sulfide) groups is 1. The SMILES string of the molecule is CCCCCCCCCCCCCCCCC1(CCCCCCCCCCCCCCCC)C2=Cc3c4c(sc3=C2C(CCCCCCCCCCCCCCCC)(CCCCCCCCCCCCCCCC)C2C=c3c(sc5ccsc35)=C21)=CCS4. The van der Waals surface area contributed by atoms with E-state index in [1.807, 2.05) is 16.7 Å². The fourth-order valence-electron chi connectivity index (χ4n) is 17.2. The molecular weight excluding hydrogens is 1140 g/mol. The van der Waals surface area contributed by atoms with Gasteiger partial charge in [-0.2, -0.15) is 0 Å². The Morgan fingerprint density at radius 1 is 0.386 bits per heavy atom. The van der Waals surface area contributed by atoms with Crippen LogP contribution in [-0.4, -0.2) is 5.75 Å². The Bertz CT molecular complexity index is 2490. The summed E-state index contributed by atoms with van der Waals surface area (Å²) in [6, 6.07) is 2.50. The maximum Gasteiger partial charge on any atom is 0.0526 e. The molecule has 0 amide bonds. The van der Waals surface area contributed by atoms with Crippen LogP contribution in [0.3, 0.4) is 0 Å². The van der Waals surface area contributed by atoms with Crippen molar-refractivity contribution in [1.82, 2.24) is 0 Å². The number of allylic oxidation sites excluding steroid dienone is 1. The van der Waals surface area contributed by atoms with Gasteiger partial charge >= 0.3 is 0 Å². The Morgan fingerprint density at radius 3 is 1.09 bits per heavy atom. The summed E-state index contributed by atoms with van der Waals surface area (Å²) in [4.78, 5) is 1.66. The van der Waals surface area contributed by atoms with Crippen LogP contribution < -0.4 is 18.8 Å². The average Bonchev–Trinajstić information content (AvgIpc) is 1.46. The van der Waals surface area contributed by atoms with Crippen molar-refractivity contribution in [3.8, 4) is 0 Å². The second kappa shape index (κ2) is 45.3. The van der Waals surface area contributed by atoms with Gasteiger partial charge in [-0.15, -0.1) is 45.8 Å². The Morgan fingerprint density at radius 2 is 0.727 bits per heavy atom. The number of hydrogen-bond acceptors (Lipinski definition) is 4. The predicted molar refractivity (Wildman–Crippen MR) is 405 cm³/mol. The molecule has 0 aromatic carbocycles. The monoisotopic (exact) mass is 1280 g/mol. The fourth-order valence-corrected chi connectivity index (χ4v) is 22.4. The van der Waals surface area contributed by atoms with Crippen LogP contribution >= 0.6 is 45.8 Å². The molecular formula is C84H140S4. The zero-order chi connectivity index (χ0) is 61.4. The van der Waals surface area contributed by atoms with E-state index >= 15 is 0 Å². The maximum absolute atomic E-state index is 3.02. The number of unbranched alkanes of at least 4 members (excludes halogenated alkanes) is 52. The summed E-state index contributed by atoms with van der Waals surface area (Å²) in [5.41, 5.74) is 7.79. The number of rotatable bonds is 60. The lowest BCUT2D eigenvalue weighted by Crippen LogP contribution is -2.47. The van der Waals surface area contributed by atoms with Crippen LogP contribution in [-0.2, 0) is 0 Å². The summed E-state index contributed by atoms with van der Waals surface area (Å²) >= 11 is 8.75. The van der Waals surface area contributed by atoms with Gasteiger partial charge in [0.1, 0.15) is 0 Å². The smallest absolute Gasteiger partial charge is 0.0526 e. The van der Waals surface area contributed by atoms with Crippen molar-refractivity contribution in [3.63, 3.8) is 0 Å². The highest BCUT2D eigenvalue weighted by Gasteiger charge is 2.59. The van der Waals surface area contributed by atoms with E-state index in [1.165, 1.54) is 391 Å². The van der Waals surface area contributed by atoms with Crippen LogP contribution in [0.25, 0.3) is 38.8 Å². The molecule has 1 unspecified atom stereocenters. The Labute approximate surface area is 562 Å². The fraction of sp³-hybridized carbons (Fsp3) is 0.810. The van der Waals surface area contributed by atoms with Crippen LogP contribution in [0.4, 0.5) is 0 Å². The van der Waals surface area contributed by atoms with Crippen LogP contribution in [0.5, 0.6) is 0 Å². The molecule has 3 aliphatic carbocycles. The predicted octanol–water partition coefficient (Wildman–Crippen LogP) is 28.2. The zero-order valence-electron chi connectivity index (χ0n) is 58.7. The van der Waals surface area contributed by atoms with Gasteiger partial charge in [-0.05, 0) is 59.9 Å². The molecule has 1 atom stereocenters. The van der Waals surface area contributed by atoms with E-state index in [1.54, 1.807) is 38.7 Å². The summed E-state index contributed by atoms with van der Waals surface area (Å²) in [5, 5.41) is 4.11. The highest BCUT2D eigenvalue weighted by molar-refractivity contribution is 8.00. The Hall–Kier alpha value is -1.07. The molecule has 7 rings (SSSR count). The molecule has 3 aromatic rings. The molecule has 0 N–H and O–H groups in total. The Balaban J connectivity index is 1.11. The van der Waals surface area contributed by atoms with Gasteiger partial charge in [-0.3, -0.25) is 0 Å². The largest absolute Gasteiger partial charge is 0.142 e. The van der Waals surface area contributed by atoms with Crippen LogP contribution in [0.15, 0.2) is 21.9 Å². The molecule has 4 heteroatoms. The van der Waals surface area contributed by atoms with Crippen molar-refractivity contribution in [2.75, 3.05) is 5.75 Å². The molecule has 500 valence electrons. The third-order valence-electron chi connectivity index (χ3n) is 22.4. The molecule has 4 heterocycles. The van der Waals surface area contributed by atoms with Gasteiger partial charge in [0, 0.05) is 56.5 Å². The third-order valence-corrected chi connectivity index (χ3v) is 27.1. The van der Waals surface area contributed by atoms with Gasteiger partial charge in [0.15, 0.2) is 0 Å². The van der Waals surface area contributed by atoms with Crippen molar-refractivity contribution in [1.29, 1.82) is 0 Å². The van der Waals surface area contributed by atoms with E-state index in [9.17, 15) is 0 Å². The van der Waals surface area contributed by atoms with Gasteiger partial charge in [0.25, 0.3) is 0 Å². The number of fused-ring (bicyclic) bond motifs is 8. The molecule has 1 aliphatic heterocycles. The normalized spacial score (nSPS) is 16.1. The minimum Gasteiger partial charge on any atom is -0.142 e. The second-order valence-electron chi connectivity index (χ2n) is 29.6. The molecule has 1 saturated carbocycles. The lowest BCUT2D eigenvalue weighted by atomic mass is 9.48. The first-order valence-electron chi connectivity index (χ1n) is 40.1. The molecule has 0 spiro atoms. The molecule has 0 saturated heterocycles. The molecule has 1 fully saturated rings. The third kappa shape index (κ3) is 23.7. The quantitative estimate of drug-likeness (QED) is 0.0508. The average molecular weight is 1280 g/mol. The van der Waals surface area contributed by atoms with E-state index in [4.69, 9.17) is 0 Å². The molecule has 88 heavy (non-hydrogen) atoms. The standard InChI is InChI=1S/C84H140S4/c1-5-9-13-17-21-25-29-33-37-41-45-49-53-57-63-83(64-58-54-50-46-42-38-34-30-26-22-18-14-10-6-2)73-69-71-79-76(62-68-85-79)88-82(71)78(73)84(74-70-72-80-75(61-67-86-80)87-81(72)77(74)83,65-59-55-51-47-43-39-35-31-27-23-19-15-11-7-3)66-60-56-52-48-44-40-36-32-28-24-20-16-12-8-4/h61-62,67,69-70,74H,5-60,63-66,68H2,1-4H3.